The number of carbonyl (C=O) groups excluding carboxylic acids is 2. The van der Waals surface area contributed by atoms with Gasteiger partial charge in [-0.25, -0.2) is 10.2 Å². The Morgan fingerprint density at radius 2 is 1.72 bits per heavy atom. The maximum absolute atomic E-state index is 12.3. The molecule has 0 aromatic heterocycles. The highest BCUT2D eigenvalue weighted by Gasteiger charge is 2.10. The second-order valence-electron chi connectivity index (χ2n) is 6.46. The van der Waals surface area contributed by atoms with E-state index in [9.17, 15) is 9.59 Å². The summed E-state index contributed by atoms with van der Waals surface area (Å²) in [5, 5.41) is 3.98. The second kappa shape index (κ2) is 11.6. The average Bonchev–Trinajstić information content (AvgIpc) is 2.84. The van der Waals surface area contributed by atoms with Gasteiger partial charge >= 0.3 is 6.16 Å². The van der Waals surface area contributed by atoms with Gasteiger partial charge in [0.25, 0.3) is 5.91 Å². The van der Waals surface area contributed by atoms with E-state index in [1.807, 2.05) is 30.3 Å². The van der Waals surface area contributed by atoms with Crippen LogP contribution in [-0.2, 0) is 10.5 Å². The van der Waals surface area contributed by atoms with Gasteiger partial charge in [0.2, 0.25) is 0 Å². The molecular weight excluding hydrogens is 428 g/mol. The fraction of sp³-hybridized carbons (Fsp3) is 0.125. The number of methoxy groups -OCH3 is 2. The highest BCUT2D eigenvalue weighted by Crippen LogP contribution is 2.28. The standard InChI is InChI=1S/C24H22N2O5S/c1-29-22-14-18(10-13-21(22)31-24(28)30-2)15-25-26-23(27)19-11-8-17(9-12-19)16-32-20-6-4-3-5-7-20/h3-15H,16H2,1-2H3,(H,26,27)/b25-15-. The molecule has 3 rings (SSSR count). The topological polar surface area (TPSA) is 86.2 Å². The number of hydrazone groups is 1. The van der Waals surface area contributed by atoms with Crippen LogP contribution in [0.3, 0.4) is 0 Å². The Morgan fingerprint density at radius 1 is 0.969 bits per heavy atom. The van der Waals surface area contributed by atoms with Gasteiger partial charge < -0.3 is 14.2 Å². The molecule has 0 heterocycles. The van der Waals surface area contributed by atoms with Crippen molar-refractivity contribution in [3.63, 3.8) is 0 Å². The molecule has 0 aliphatic carbocycles. The van der Waals surface area contributed by atoms with E-state index in [1.165, 1.54) is 25.3 Å². The lowest BCUT2D eigenvalue weighted by Crippen LogP contribution is -2.17. The van der Waals surface area contributed by atoms with E-state index >= 15 is 0 Å². The zero-order chi connectivity index (χ0) is 22.8. The van der Waals surface area contributed by atoms with E-state index in [0.29, 0.717) is 16.9 Å². The van der Waals surface area contributed by atoms with Crippen molar-refractivity contribution in [2.45, 2.75) is 10.6 Å². The first kappa shape index (κ1) is 22.9. The van der Waals surface area contributed by atoms with Crippen molar-refractivity contribution < 1.29 is 23.8 Å². The van der Waals surface area contributed by atoms with Crippen molar-refractivity contribution in [2.24, 2.45) is 5.10 Å². The fourth-order valence-corrected chi connectivity index (χ4v) is 3.52. The fourth-order valence-electron chi connectivity index (χ4n) is 2.65. The molecule has 8 heteroatoms. The van der Waals surface area contributed by atoms with Gasteiger partial charge in [-0.05, 0) is 53.6 Å². The molecule has 0 unspecified atom stereocenters. The number of nitrogens with one attached hydrogen (secondary N) is 1. The summed E-state index contributed by atoms with van der Waals surface area (Å²) in [4.78, 5) is 24.8. The van der Waals surface area contributed by atoms with Gasteiger partial charge in [0.05, 0.1) is 20.4 Å². The molecule has 0 atom stereocenters. The first-order chi connectivity index (χ1) is 15.6. The van der Waals surface area contributed by atoms with Gasteiger partial charge in [0.15, 0.2) is 11.5 Å². The first-order valence-corrected chi connectivity index (χ1v) is 10.6. The molecule has 0 saturated carbocycles. The zero-order valence-corrected chi connectivity index (χ0v) is 18.4. The highest BCUT2D eigenvalue weighted by molar-refractivity contribution is 7.98. The molecule has 0 saturated heterocycles. The predicted molar refractivity (Wildman–Crippen MR) is 124 cm³/mol. The van der Waals surface area contributed by atoms with E-state index in [1.54, 1.807) is 42.1 Å². The lowest BCUT2D eigenvalue weighted by Gasteiger charge is -2.08. The summed E-state index contributed by atoms with van der Waals surface area (Å²) in [7, 11) is 2.67. The predicted octanol–water partition coefficient (Wildman–Crippen LogP) is 4.90. The van der Waals surface area contributed by atoms with Crippen LogP contribution in [0.1, 0.15) is 21.5 Å². The third-order valence-electron chi connectivity index (χ3n) is 4.29. The minimum atomic E-state index is -0.846. The van der Waals surface area contributed by atoms with Crippen LogP contribution in [0.4, 0.5) is 4.79 Å². The normalized spacial score (nSPS) is 10.6. The Labute approximate surface area is 190 Å². The van der Waals surface area contributed by atoms with Gasteiger partial charge in [-0.15, -0.1) is 11.8 Å². The Hall–Kier alpha value is -3.78. The van der Waals surface area contributed by atoms with Gasteiger partial charge in [-0.2, -0.15) is 5.10 Å². The van der Waals surface area contributed by atoms with E-state index in [4.69, 9.17) is 9.47 Å². The number of thioether (sulfide) groups is 1. The minimum absolute atomic E-state index is 0.214. The lowest BCUT2D eigenvalue weighted by molar-refractivity contribution is 0.0955. The van der Waals surface area contributed by atoms with E-state index in [0.717, 1.165) is 11.3 Å². The van der Waals surface area contributed by atoms with Crippen LogP contribution in [-0.4, -0.2) is 32.5 Å². The molecule has 0 fully saturated rings. The molecule has 3 aromatic carbocycles. The summed E-state index contributed by atoms with van der Waals surface area (Å²) in [6, 6.07) is 22.4. The summed E-state index contributed by atoms with van der Waals surface area (Å²) >= 11 is 1.74. The molecule has 0 bridgehead atoms. The Morgan fingerprint density at radius 3 is 2.41 bits per heavy atom. The Balaban J connectivity index is 1.55. The van der Waals surface area contributed by atoms with Crippen LogP contribution < -0.4 is 14.9 Å². The zero-order valence-electron chi connectivity index (χ0n) is 17.6. The monoisotopic (exact) mass is 450 g/mol. The van der Waals surface area contributed by atoms with Crippen LogP contribution in [0.5, 0.6) is 11.5 Å². The summed E-state index contributed by atoms with van der Waals surface area (Å²) in [5.74, 6) is 1.04. The molecule has 0 radical (unpaired) electrons. The van der Waals surface area contributed by atoms with Crippen molar-refractivity contribution in [2.75, 3.05) is 14.2 Å². The second-order valence-corrected chi connectivity index (χ2v) is 7.51. The highest BCUT2D eigenvalue weighted by atomic mass is 32.2. The van der Waals surface area contributed by atoms with Crippen molar-refractivity contribution >= 4 is 30.0 Å². The summed E-state index contributed by atoms with van der Waals surface area (Å²) in [5.41, 5.74) is 4.78. The van der Waals surface area contributed by atoms with Crippen molar-refractivity contribution in [3.05, 3.63) is 89.5 Å². The number of ether oxygens (including phenoxy) is 3. The van der Waals surface area contributed by atoms with Gasteiger partial charge in [-0.1, -0.05) is 30.3 Å². The molecule has 0 spiro atoms. The van der Waals surface area contributed by atoms with Gasteiger partial charge in [0, 0.05) is 16.2 Å². The lowest BCUT2D eigenvalue weighted by atomic mass is 10.1. The van der Waals surface area contributed by atoms with Crippen molar-refractivity contribution in [1.82, 2.24) is 5.43 Å². The van der Waals surface area contributed by atoms with Gasteiger partial charge in [0.1, 0.15) is 0 Å². The van der Waals surface area contributed by atoms with Crippen LogP contribution in [0.25, 0.3) is 0 Å². The number of benzene rings is 3. The molecule has 1 amide bonds. The maximum atomic E-state index is 12.3. The molecule has 3 aromatic rings. The summed E-state index contributed by atoms with van der Waals surface area (Å²) < 4.78 is 14.7. The molecule has 164 valence electrons. The molecule has 1 N–H and O–H groups in total. The quantitative estimate of drug-likeness (QED) is 0.173. The molecule has 0 aliphatic rings. The molecule has 7 nitrogen and oxygen atoms in total. The number of hydrogen-bond donors (Lipinski definition) is 1. The van der Waals surface area contributed by atoms with Gasteiger partial charge in [-0.3, -0.25) is 4.79 Å². The molecule has 32 heavy (non-hydrogen) atoms. The smallest absolute Gasteiger partial charge is 0.493 e. The Kier molecular flexibility index (Phi) is 8.28. The van der Waals surface area contributed by atoms with E-state index in [-0.39, 0.29) is 11.7 Å². The summed E-state index contributed by atoms with van der Waals surface area (Å²) in [6.45, 7) is 0. The first-order valence-electron chi connectivity index (χ1n) is 9.63. The van der Waals surface area contributed by atoms with Crippen molar-refractivity contribution in [3.8, 4) is 11.5 Å². The van der Waals surface area contributed by atoms with Crippen molar-refractivity contribution in [1.29, 1.82) is 0 Å². The third kappa shape index (κ3) is 6.61. The SMILES string of the molecule is COC(=O)Oc1ccc(/C=N\NC(=O)c2ccc(CSc3ccccc3)cc2)cc1OC. The number of rotatable bonds is 8. The van der Waals surface area contributed by atoms with Crippen LogP contribution in [0.2, 0.25) is 0 Å². The number of nitrogens with zero attached hydrogens (tertiary/aromatic N) is 1. The van der Waals surface area contributed by atoms with Crippen LogP contribution in [0, 0.1) is 0 Å². The number of carbonyl (C=O) groups is 2. The number of hydrogen-bond acceptors (Lipinski definition) is 7. The van der Waals surface area contributed by atoms with Crippen LogP contribution >= 0.6 is 11.8 Å². The number of amides is 1. The molecular formula is C24H22N2O5S. The van der Waals surface area contributed by atoms with E-state index in [2.05, 4.69) is 27.4 Å². The minimum Gasteiger partial charge on any atom is -0.493 e. The van der Waals surface area contributed by atoms with E-state index < -0.39 is 6.16 Å². The Bertz CT molecular complexity index is 1090. The maximum Gasteiger partial charge on any atom is 0.513 e. The average molecular weight is 451 g/mol. The largest absolute Gasteiger partial charge is 0.513 e. The third-order valence-corrected chi connectivity index (χ3v) is 5.38. The molecule has 0 aliphatic heterocycles. The summed E-state index contributed by atoms with van der Waals surface area (Å²) in [6.07, 6.45) is 0.620. The van der Waals surface area contributed by atoms with Crippen LogP contribution in [0.15, 0.2) is 82.8 Å².